The lowest BCUT2D eigenvalue weighted by Crippen LogP contribution is -2.24. The lowest BCUT2D eigenvalue weighted by atomic mass is 9.95. The third-order valence-corrected chi connectivity index (χ3v) is 5.74. The van der Waals surface area contributed by atoms with Gasteiger partial charge in [-0.2, -0.15) is 5.10 Å². The minimum absolute atomic E-state index is 0.0447. The number of H-pyrrole nitrogens is 2. The van der Waals surface area contributed by atoms with Crippen molar-refractivity contribution in [1.29, 1.82) is 0 Å². The van der Waals surface area contributed by atoms with Gasteiger partial charge in [-0.3, -0.25) is 9.89 Å². The van der Waals surface area contributed by atoms with E-state index in [-0.39, 0.29) is 11.8 Å². The highest BCUT2D eigenvalue weighted by Crippen LogP contribution is 2.38. The number of nitrogens with one attached hydrogen (secondary N) is 4. The smallest absolute Gasteiger partial charge is 0.228 e. The number of pyridine rings is 1. The highest BCUT2D eigenvalue weighted by atomic mass is 16.1. The molecule has 1 saturated heterocycles. The molecule has 4 N–H and O–H groups in total. The molecule has 3 aromatic heterocycles. The maximum absolute atomic E-state index is 12.5. The van der Waals surface area contributed by atoms with Gasteiger partial charge in [-0.15, -0.1) is 0 Å². The maximum atomic E-state index is 12.5. The molecule has 1 aliphatic heterocycles. The van der Waals surface area contributed by atoms with Crippen molar-refractivity contribution in [3.8, 4) is 11.3 Å². The Hall–Kier alpha value is -3.19. The van der Waals surface area contributed by atoms with Crippen molar-refractivity contribution in [2.24, 2.45) is 5.92 Å². The molecule has 1 atom stereocenters. The molecule has 148 valence electrons. The van der Waals surface area contributed by atoms with Crippen LogP contribution in [-0.2, 0) is 4.79 Å². The second-order valence-corrected chi connectivity index (χ2v) is 8.00. The third-order valence-electron chi connectivity index (χ3n) is 5.74. The van der Waals surface area contributed by atoms with Crippen molar-refractivity contribution >= 4 is 33.5 Å². The first kappa shape index (κ1) is 17.9. The average Bonchev–Trinajstić information content (AvgIpc) is 3.45. The van der Waals surface area contributed by atoms with Gasteiger partial charge in [0, 0.05) is 40.3 Å². The van der Waals surface area contributed by atoms with Crippen LogP contribution in [0.1, 0.15) is 31.7 Å². The van der Waals surface area contributed by atoms with Gasteiger partial charge in [-0.05, 0) is 48.7 Å². The number of hydrogen-bond donors (Lipinski definition) is 4. The number of nitrogens with zero attached hydrogens (tertiary/aromatic N) is 2. The summed E-state index contributed by atoms with van der Waals surface area (Å²) >= 11 is 0. The summed E-state index contributed by atoms with van der Waals surface area (Å²) in [5.74, 6) is 0.438. The normalized spacial score (nSPS) is 16.9. The molecular formula is C22H24N6O. The Balaban J connectivity index is 1.60. The van der Waals surface area contributed by atoms with E-state index in [4.69, 9.17) is 0 Å². The molecule has 1 amide bonds. The molecule has 29 heavy (non-hydrogen) atoms. The molecule has 0 aliphatic carbocycles. The van der Waals surface area contributed by atoms with E-state index in [2.05, 4.69) is 50.7 Å². The lowest BCUT2D eigenvalue weighted by Gasteiger charge is -2.11. The van der Waals surface area contributed by atoms with Crippen molar-refractivity contribution in [3.05, 3.63) is 42.2 Å². The SMILES string of the molecule is CC(C)c1c(-c2ccnc3[nH]ncc23)[nH]c2ccc(NC(=O)C3CCNC3)cc12. The van der Waals surface area contributed by atoms with Gasteiger partial charge in [0.2, 0.25) is 5.91 Å². The molecule has 7 heteroatoms. The predicted octanol–water partition coefficient (Wildman–Crippen LogP) is 3.78. The van der Waals surface area contributed by atoms with E-state index < -0.39 is 0 Å². The van der Waals surface area contributed by atoms with Crippen LogP contribution in [0, 0.1) is 5.92 Å². The summed E-state index contributed by atoms with van der Waals surface area (Å²) in [4.78, 5) is 20.5. The predicted molar refractivity (Wildman–Crippen MR) is 115 cm³/mol. The maximum Gasteiger partial charge on any atom is 0.228 e. The third kappa shape index (κ3) is 3.07. The van der Waals surface area contributed by atoms with Crippen molar-refractivity contribution in [2.75, 3.05) is 18.4 Å². The summed E-state index contributed by atoms with van der Waals surface area (Å²) in [5, 5.41) is 15.6. The lowest BCUT2D eigenvalue weighted by molar-refractivity contribution is -0.119. The molecule has 0 radical (unpaired) electrons. The van der Waals surface area contributed by atoms with Gasteiger partial charge in [0.25, 0.3) is 0 Å². The van der Waals surface area contributed by atoms with Crippen LogP contribution in [0.25, 0.3) is 33.2 Å². The Bertz CT molecular complexity index is 1200. The minimum Gasteiger partial charge on any atom is -0.354 e. The number of benzene rings is 1. The number of rotatable bonds is 4. The summed E-state index contributed by atoms with van der Waals surface area (Å²) in [6.45, 7) is 6.04. The van der Waals surface area contributed by atoms with Crippen LogP contribution in [0.15, 0.2) is 36.7 Å². The van der Waals surface area contributed by atoms with Gasteiger partial charge in [0.1, 0.15) is 0 Å². The standard InChI is InChI=1S/C22H24N6O/c1-12(2)19-16-9-14(26-22(29)13-5-7-23-10-13)3-4-18(16)27-20(19)15-6-8-24-21-17(15)11-25-28-21/h3-4,6,8-9,11-13,23,27H,5,7,10H2,1-2H3,(H,26,29)(H,24,25,28). The van der Waals surface area contributed by atoms with E-state index in [1.165, 1.54) is 5.56 Å². The van der Waals surface area contributed by atoms with Gasteiger partial charge < -0.3 is 15.6 Å². The monoisotopic (exact) mass is 388 g/mol. The summed E-state index contributed by atoms with van der Waals surface area (Å²) in [6.07, 6.45) is 4.50. The van der Waals surface area contributed by atoms with Crippen LogP contribution in [0.4, 0.5) is 5.69 Å². The highest BCUT2D eigenvalue weighted by molar-refractivity contribution is 6.01. The molecule has 7 nitrogen and oxygen atoms in total. The number of carbonyl (C=O) groups excluding carboxylic acids is 1. The van der Waals surface area contributed by atoms with Gasteiger partial charge in [0.15, 0.2) is 5.65 Å². The van der Waals surface area contributed by atoms with Crippen LogP contribution in [0.5, 0.6) is 0 Å². The first-order valence-corrected chi connectivity index (χ1v) is 10.1. The van der Waals surface area contributed by atoms with Gasteiger partial charge in [0.05, 0.1) is 17.8 Å². The van der Waals surface area contributed by atoms with E-state index in [1.807, 2.05) is 24.4 Å². The summed E-state index contributed by atoms with van der Waals surface area (Å²) in [7, 11) is 0. The minimum atomic E-state index is 0.0447. The molecule has 4 heterocycles. The molecule has 1 fully saturated rings. The fraction of sp³-hybridized carbons (Fsp3) is 0.318. The molecule has 1 aliphatic rings. The molecule has 1 aromatic carbocycles. The molecule has 4 aromatic rings. The van der Waals surface area contributed by atoms with Crippen LogP contribution in [0.3, 0.4) is 0 Å². The topological polar surface area (TPSA) is 98.5 Å². The second-order valence-electron chi connectivity index (χ2n) is 8.00. The summed E-state index contributed by atoms with van der Waals surface area (Å²) < 4.78 is 0. The van der Waals surface area contributed by atoms with Crippen molar-refractivity contribution in [2.45, 2.75) is 26.2 Å². The number of hydrogen-bond acceptors (Lipinski definition) is 4. The first-order chi connectivity index (χ1) is 14.1. The Labute approximate surface area is 168 Å². The van der Waals surface area contributed by atoms with Crippen molar-refractivity contribution in [3.63, 3.8) is 0 Å². The molecule has 0 saturated carbocycles. The summed E-state index contributed by atoms with van der Waals surface area (Å²) in [6, 6.07) is 8.11. The zero-order valence-electron chi connectivity index (χ0n) is 16.5. The molecule has 1 unspecified atom stereocenters. The molecule has 0 spiro atoms. The Kier molecular flexibility index (Phi) is 4.32. The number of anilines is 1. The van der Waals surface area contributed by atoms with Gasteiger partial charge >= 0.3 is 0 Å². The first-order valence-electron chi connectivity index (χ1n) is 10.1. The number of aromatic amines is 2. The van der Waals surface area contributed by atoms with Crippen LogP contribution in [0.2, 0.25) is 0 Å². The van der Waals surface area contributed by atoms with E-state index in [0.717, 1.165) is 58.4 Å². The molecule has 5 rings (SSSR count). The average molecular weight is 388 g/mol. The number of fused-ring (bicyclic) bond motifs is 2. The fourth-order valence-electron chi connectivity index (χ4n) is 4.29. The van der Waals surface area contributed by atoms with Crippen LogP contribution < -0.4 is 10.6 Å². The van der Waals surface area contributed by atoms with Crippen molar-refractivity contribution < 1.29 is 4.79 Å². The number of carbonyl (C=O) groups is 1. The van der Waals surface area contributed by atoms with Gasteiger partial charge in [-0.25, -0.2) is 4.98 Å². The van der Waals surface area contributed by atoms with Crippen LogP contribution >= 0.6 is 0 Å². The van der Waals surface area contributed by atoms with E-state index in [0.29, 0.717) is 5.92 Å². The highest BCUT2D eigenvalue weighted by Gasteiger charge is 2.23. The van der Waals surface area contributed by atoms with E-state index in [9.17, 15) is 4.79 Å². The Morgan fingerprint density at radius 3 is 2.93 bits per heavy atom. The summed E-state index contributed by atoms with van der Waals surface area (Å²) in [5.41, 5.74) is 6.04. The van der Waals surface area contributed by atoms with E-state index >= 15 is 0 Å². The zero-order valence-corrected chi connectivity index (χ0v) is 16.5. The van der Waals surface area contributed by atoms with Crippen LogP contribution in [-0.4, -0.2) is 39.2 Å². The number of aromatic nitrogens is 4. The Morgan fingerprint density at radius 2 is 2.14 bits per heavy atom. The van der Waals surface area contributed by atoms with Gasteiger partial charge in [-0.1, -0.05) is 13.8 Å². The van der Waals surface area contributed by atoms with Crippen molar-refractivity contribution in [1.82, 2.24) is 25.5 Å². The number of amides is 1. The molecule has 0 bridgehead atoms. The molecular weight excluding hydrogens is 364 g/mol. The second kappa shape index (κ2) is 7.00. The zero-order chi connectivity index (χ0) is 20.0. The quantitative estimate of drug-likeness (QED) is 0.428. The van der Waals surface area contributed by atoms with E-state index in [1.54, 1.807) is 6.20 Å². The Morgan fingerprint density at radius 1 is 1.24 bits per heavy atom. The fourth-order valence-corrected chi connectivity index (χ4v) is 4.29. The largest absolute Gasteiger partial charge is 0.354 e.